The van der Waals surface area contributed by atoms with Crippen molar-refractivity contribution in [1.82, 2.24) is 4.98 Å². The van der Waals surface area contributed by atoms with Gasteiger partial charge in [0.05, 0.1) is 30.5 Å². The highest BCUT2D eigenvalue weighted by Gasteiger charge is 2.25. The first-order chi connectivity index (χ1) is 14.3. The second kappa shape index (κ2) is 8.60. The summed E-state index contributed by atoms with van der Waals surface area (Å²) in [7, 11) is -1.81. The molecule has 0 unspecified atom stereocenters. The fourth-order valence-electron chi connectivity index (χ4n) is 2.71. The Labute approximate surface area is 178 Å². The molecule has 1 aromatic heterocycles. The van der Waals surface area contributed by atoms with Gasteiger partial charge in [-0.15, -0.1) is 0 Å². The minimum Gasteiger partial charge on any atom is -0.505 e. The summed E-state index contributed by atoms with van der Waals surface area (Å²) in [5.41, 5.74) is 1.45. The topological polar surface area (TPSA) is 115 Å². The highest BCUT2D eigenvalue weighted by atomic mass is 35.5. The predicted molar refractivity (Wildman–Crippen MR) is 111 cm³/mol. The number of carbonyl (C=O) groups excluding carboxylic acids is 1. The fourth-order valence-corrected chi connectivity index (χ4v) is 4.20. The average molecular weight is 449 g/mol. The van der Waals surface area contributed by atoms with Crippen LogP contribution < -0.4 is 9.46 Å². The first-order valence-corrected chi connectivity index (χ1v) is 10.3. The van der Waals surface area contributed by atoms with Gasteiger partial charge in [-0.3, -0.25) is 9.71 Å². The molecule has 0 bridgehead atoms. The lowest BCUT2D eigenvalue weighted by atomic mass is 10.1. The Hall–Kier alpha value is -3.30. The van der Waals surface area contributed by atoms with Crippen LogP contribution in [0.5, 0.6) is 11.5 Å². The minimum absolute atomic E-state index is 0.123. The molecule has 0 spiro atoms. The van der Waals surface area contributed by atoms with E-state index >= 15 is 0 Å². The van der Waals surface area contributed by atoms with Crippen molar-refractivity contribution < 1.29 is 27.8 Å². The quantitative estimate of drug-likeness (QED) is 0.552. The number of nitrogens with one attached hydrogen (secondary N) is 1. The van der Waals surface area contributed by atoms with Crippen LogP contribution in [-0.2, 0) is 14.8 Å². The Morgan fingerprint density at radius 2 is 1.90 bits per heavy atom. The Morgan fingerprint density at radius 3 is 2.53 bits per heavy atom. The SMILES string of the molecule is COC(=O)c1cc(Cl)c(O)c(S(=O)(=O)Nc2cc(-c3cccnc3)ccc2OC)c1. The van der Waals surface area contributed by atoms with Crippen LogP contribution in [0.4, 0.5) is 5.69 Å². The molecule has 1 heterocycles. The molecule has 3 aromatic rings. The largest absolute Gasteiger partial charge is 0.505 e. The number of esters is 1. The van der Waals surface area contributed by atoms with Gasteiger partial charge in [0.25, 0.3) is 10.0 Å². The van der Waals surface area contributed by atoms with E-state index in [0.717, 1.165) is 24.8 Å². The van der Waals surface area contributed by atoms with Gasteiger partial charge in [-0.05, 0) is 35.9 Å². The van der Waals surface area contributed by atoms with Crippen molar-refractivity contribution in [3.8, 4) is 22.6 Å². The average Bonchev–Trinajstić information content (AvgIpc) is 2.75. The summed E-state index contributed by atoms with van der Waals surface area (Å²) in [6.07, 6.45) is 3.25. The number of carbonyl (C=O) groups is 1. The maximum absolute atomic E-state index is 13.0. The van der Waals surface area contributed by atoms with Crippen molar-refractivity contribution in [3.05, 3.63) is 65.4 Å². The number of methoxy groups -OCH3 is 2. The van der Waals surface area contributed by atoms with Crippen molar-refractivity contribution in [2.45, 2.75) is 4.90 Å². The molecule has 2 N–H and O–H groups in total. The number of pyridine rings is 1. The molecule has 0 aliphatic heterocycles. The monoisotopic (exact) mass is 448 g/mol. The standard InChI is InChI=1S/C20H17ClN2O6S/c1-28-17-6-5-12(13-4-3-7-22-11-13)9-16(17)23-30(26,27)18-10-14(20(25)29-2)8-15(21)19(18)24/h3-11,23-24H,1-2H3. The molecule has 0 radical (unpaired) electrons. The molecule has 0 saturated carbocycles. The number of sulfonamides is 1. The summed E-state index contributed by atoms with van der Waals surface area (Å²) in [5.74, 6) is -1.25. The first-order valence-electron chi connectivity index (χ1n) is 8.49. The maximum atomic E-state index is 13.0. The van der Waals surface area contributed by atoms with Gasteiger partial charge in [-0.2, -0.15) is 0 Å². The van der Waals surface area contributed by atoms with Gasteiger partial charge in [-0.1, -0.05) is 23.7 Å². The fraction of sp³-hybridized carbons (Fsp3) is 0.100. The number of aromatic nitrogens is 1. The van der Waals surface area contributed by atoms with E-state index < -0.39 is 26.6 Å². The van der Waals surface area contributed by atoms with Crippen LogP contribution in [0.3, 0.4) is 0 Å². The molecular formula is C20H17ClN2O6S. The van der Waals surface area contributed by atoms with Gasteiger partial charge in [-0.25, -0.2) is 13.2 Å². The Kier molecular flexibility index (Phi) is 6.14. The van der Waals surface area contributed by atoms with Gasteiger partial charge in [0.1, 0.15) is 10.6 Å². The van der Waals surface area contributed by atoms with Crippen molar-refractivity contribution in [1.29, 1.82) is 0 Å². The summed E-state index contributed by atoms with van der Waals surface area (Å²) >= 11 is 5.91. The number of phenolic OH excluding ortho intramolecular Hbond substituents is 1. The summed E-state index contributed by atoms with van der Waals surface area (Å²) in [4.78, 5) is 15.3. The lowest BCUT2D eigenvalue weighted by Crippen LogP contribution is -2.15. The zero-order valence-electron chi connectivity index (χ0n) is 15.9. The Morgan fingerprint density at radius 1 is 1.13 bits per heavy atom. The van der Waals surface area contributed by atoms with E-state index in [9.17, 15) is 18.3 Å². The van der Waals surface area contributed by atoms with Gasteiger partial charge >= 0.3 is 5.97 Å². The van der Waals surface area contributed by atoms with E-state index in [4.69, 9.17) is 16.3 Å². The van der Waals surface area contributed by atoms with Crippen LogP contribution in [0.2, 0.25) is 5.02 Å². The van der Waals surface area contributed by atoms with Crippen LogP contribution in [0, 0.1) is 0 Å². The number of hydrogen-bond donors (Lipinski definition) is 2. The molecule has 2 aromatic carbocycles. The zero-order valence-corrected chi connectivity index (χ0v) is 17.5. The molecule has 0 aliphatic carbocycles. The summed E-state index contributed by atoms with van der Waals surface area (Å²) in [5, 5.41) is 9.90. The molecule has 0 atom stereocenters. The van der Waals surface area contributed by atoms with Crippen LogP contribution in [0.15, 0.2) is 59.8 Å². The lowest BCUT2D eigenvalue weighted by molar-refractivity contribution is 0.0600. The molecule has 8 nitrogen and oxygen atoms in total. The van der Waals surface area contributed by atoms with Crippen LogP contribution in [0.25, 0.3) is 11.1 Å². The second-order valence-electron chi connectivity index (χ2n) is 6.06. The van der Waals surface area contributed by atoms with E-state index in [1.54, 1.807) is 36.7 Å². The number of benzene rings is 2. The molecule has 3 rings (SSSR count). The molecule has 0 fully saturated rings. The Balaban J connectivity index is 2.07. The number of hydrogen-bond acceptors (Lipinski definition) is 7. The number of aromatic hydroxyl groups is 1. The number of halogens is 1. The molecule has 0 aliphatic rings. The summed E-state index contributed by atoms with van der Waals surface area (Å²) in [6.45, 7) is 0. The van der Waals surface area contributed by atoms with Crippen LogP contribution in [0.1, 0.15) is 10.4 Å². The number of ether oxygens (including phenoxy) is 2. The summed E-state index contributed by atoms with van der Waals surface area (Å²) in [6, 6.07) is 10.6. The molecule has 156 valence electrons. The smallest absolute Gasteiger partial charge is 0.337 e. The third kappa shape index (κ3) is 4.32. The van der Waals surface area contributed by atoms with E-state index in [2.05, 4.69) is 14.4 Å². The van der Waals surface area contributed by atoms with Gasteiger partial charge in [0.2, 0.25) is 0 Å². The molecule has 0 saturated heterocycles. The summed E-state index contributed by atoms with van der Waals surface area (Å²) < 4.78 is 38.2. The van der Waals surface area contributed by atoms with Crippen molar-refractivity contribution in [3.63, 3.8) is 0 Å². The highest BCUT2D eigenvalue weighted by molar-refractivity contribution is 7.92. The number of nitrogens with zero attached hydrogens (tertiary/aromatic N) is 1. The van der Waals surface area contributed by atoms with E-state index in [-0.39, 0.29) is 22.0 Å². The number of rotatable bonds is 6. The van der Waals surface area contributed by atoms with E-state index in [1.807, 2.05) is 6.07 Å². The van der Waals surface area contributed by atoms with Gasteiger partial charge in [0.15, 0.2) is 5.75 Å². The maximum Gasteiger partial charge on any atom is 0.337 e. The number of anilines is 1. The normalized spacial score (nSPS) is 11.0. The molecule has 10 heteroatoms. The molecule has 30 heavy (non-hydrogen) atoms. The highest BCUT2D eigenvalue weighted by Crippen LogP contribution is 2.36. The van der Waals surface area contributed by atoms with Crippen LogP contribution in [-0.4, -0.2) is 38.7 Å². The molecule has 0 amide bonds. The van der Waals surface area contributed by atoms with Crippen molar-refractivity contribution in [2.75, 3.05) is 18.9 Å². The van der Waals surface area contributed by atoms with E-state index in [1.165, 1.54) is 7.11 Å². The lowest BCUT2D eigenvalue weighted by Gasteiger charge is -2.15. The number of phenols is 1. The minimum atomic E-state index is -4.35. The second-order valence-corrected chi connectivity index (χ2v) is 8.12. The Bertz CT molecular complexity index is 1200. The first kappa shape index (κ1) is 21.4. The van der Waals surface area contributed by atoms with Crippen LogP contribution >= 0.6 is 11.6 Å². The van der Waals surface area contributed by atoms with Crippen molar-refractivity contribution in [2.24, 2.45) is 0 Å². The van der Waals surface area contributed by atoms with Gasteiger partial charge < -0.3 is 14.6 Å². The third-order valence-corrected chi connectivity index (χ3v) is 5.84. The van der Waals surface area contributed by atoms with E-state index in [0.29, 0.717) is 5.56 Å². The zero-order chi connectivity index (χ0) is 21.9. The molecular weight excluding hydrogens is 432 g/mol. The van der Waals surface area contributed by atoms with Crippen molar-refractivity contribution >= 4 is 33.3 Å². The predicted octanol–water partition coefficient (Wildman–Crippen LogP) is 3.70. The third-order valence-electron chi connectivity index (χ3n) is 4.18. The van der Waals surface area contributed by atoms with Gasteiger partial charge in [0, 0.05) is 18.0 Å².